The smallest absolute Gasteiger partial charge is 0.328 e. The number of nitrogens with two attached hydrogens (primary N) is 1. The maximum Gasteiger partial charge on any atom is 0.328 e. The zero-order valence-corrected chi connectivity index (χ0v) is 20.3. The summed E-state index contributed by atoms with van der Waals surface area (Å²) in [7, 11) is -2.74. The molecule has 0 unspecified atom stereocenters. The summed E-state index contributed by atoms with van der Waals surface area (Å²) in [6.07, 6.45) is -0.615. The van der Waals surface area contributed by atoms with Gasteiger partial charge in [0.05, 0.1) is 27.4 Å². The minimum atomic E-state index is -4.42. The van der Waals surface area contributed by atoms with Gasteiger partial charge in [-0.05, 0) is 49.4 Å². The van der Waals surface area contributed by atoms with Gasteiger partial charge in [0.15, 0.2) is 0 Å². The van der Waals surface area contributed by atoms with Gasteiger partial charge in [-0.15, -0.1) is 0 Å². The zero-order chi connectivity index (χ0) is 25.4. The number of amides is 3. The van der Waals surface area contributed by atoms with E-state index in [9.17, 15) is 22.8 Å². The Bertz CT molecular complexity index is 1400. The lowest BCUT2D eigenvalue weighted by Crippen LogP contribution is -2.46. The van der Waals surface area contributed by atoms with Crippen LogP contribution in [0.5, 0.6) is 0 Å². The van der Waals surface area contributed by atoms with Gasteiger partial charge in [0.1, 0.15) is 5.69 Å². The SMILES string of the molecule is C[C@H](CC(=O)O)N(C(N)=O)S(=O)(=O)c1ccc(NC(=O)c2cc3c(Cl)c(Cl)ccc3n2C)cc1. The number of hydrogen-bond acceptors (Lipinski definition) is 5. The van der Waals surface area contributed by atoms with E-state index >= 15 is 0 Å². The molecule has 0 aliphatic carbocycles. The number of fused-ring (bicyclic) bond motifs is 1. The van der Waals surface area contributed by atoms with Gasteiger partial charge in [0.2, 0.25) is 0 Å². The fourth-order valence-electron chi connectivity index (χ4n) is 3.49. The number of rotatable bonds is 7. The Morgan fingerprint density at radius 1 is 1.15 bits per heavy atom. The Labute approximate surface area is 204 Å². The minimum Gasteiger partial charge on any atom is -0.481 e. The topological polar surface area (TPSA) is 152 Å². The number of nitrogens with one attached hydrogen (secondary N) is 1. The third-order valence-corrected chi connectivity index (χ3v) is 7.85. The number of carboxylic acid groups (broad SMARTS) is 1. The lowest BCUT2D eigenvalue weighted by molar-refractivity contribution is -0.137. The summed E-state index contributed by atoms with van der Waals surface area (Å²) in [6, 6.07) is 7.45. The lowest BCUT2D eigenvalue weighted by atomic mass is 10.2. The second-order valence-corrected chi connectivity index (χ2v) is 10.0. The van der Waals surface area contributed by atoms with Gasteiger partial charge in [-0.3, -0.25) is 9.59 Å². The van der Waals surface area contributed by atoms with Crippen molar-refractivity contribution < 1.29 is 27.9 Å². The van der Waals surface area contributed by atoms with Crippen LogP contribution in [-0.2, 0) is 21.9 Å². The van der Waals surface area contributed by atoms with Crippen molar-refractivity contribution in [1.29, 1.82) is 0 Å². The largest absolute Gasteiger partial charge is 0.481 e. The number of nitrogens with zero attached hydrogens (tertiary/aromatic N) is 2. The van der Waals surface area contributed by atoms with Crippen molar-refractivity contribution in [3.63, 3.8) is 0 Å². The number of benzene rings is 2. The third kappa shape index (κ3) is 4.81. The molecule has 0 spiro atoms. The molecule has 2 aromatic carbocycles. The second kappa shape index (κ2) is 9.53. The fraction of sp³-hybridized carbons (Fsp3) is 0.190. The van der Waals surface area contributed by atoms with Crippen LogP contribution in [0.25, 0.3) is 10.9 Å². The zero-order valence-electron chi connectivity index (χ0n) is 18.0. The molecule has 10 nitrogen and oxygen atoms in total. The number of sulfonamides is 1. The predicted octanol–water partition coefficient (Wildman–Crippen LogP) is 3.67. The average molecular weight is 527 g/mol. The van der Waals surface area contributed by atoms with Gasteiger partial charge in [0, 0.05) is 23.6 Å². The van der Waals surface area contributed by atoms with Crippen LogP contribution >= 0.6 is 23.2 Å². The van der Waals surface area contributed by atoms with Crippen LogP contribution in [0, 0.1) is 0 Å². The number of primary amides is 1. The first-order chi connectivity index (χ1) is 15.8. The molecule has 34 heavy (non-hydrogen) atoms. The molecule has 0 saturated carbocycles. The molecule has 13 heteroatoms. The van der Waals surface area contributed by atoms with Crippen LogP contribution in [0.1, 0.15) is 23.8 Å². The van der Waals surface area contributed by atoms with Crippen LogP contribution in [-0.4, -0.2) is 46.3 Å². The molecular weight excluding hydrogens is 507 g/mol. The highest BCUT2D eigenvalue weighted by Gasteiger charge is 2.33. The number of carboxylic acids is 1. The second-order valence-electron chi connectivity index (χ2n) is 7.45. The summed E-state index contributed by atoms with van der Waals surface area (Å²) in [4.78, 5) is 35.2. The van der Waals surface area contributed by atoms with E-state index in [0.29, 0.717) is 30.9 Å². The van der Waals surface area contributed by atoms with Crippen molar-refractivity contribution in [1.82, 2.24) is 8.87 Å². The molecule has 3 amide bonds. The Morgan fingerprint density at radius 3 is 2.32 bits per heavy atom. The first-order valence-electron chi connectivity index (χ1n) is 9.75. The van der Waals surface area contributed by atoms with Gasteiger partial charge < -0.3 is 20.7 Å². The lowest BCUT2D eigenvalue weighted by Gasteiger charge is -2.25. The number of hydrogen-bond donors (Lipinski definition) is 3. The summed E-state index contributed by atoms with van der Waals surface area (Å²) < 4.78 is 27.7. The number of urea groups is 1. The molecule has 0 bridgehead atoms. The van der Waals surface area contributed by atoms with Crippen molar-refractivity contribution >= 4 is 67.7 Å². The molecule has 0 radical (unpaired) electrons. The summed E-state index contributed by atoms with van der Waals surface area (Å²) in [5, 5.41) is 12.9. The van der Waals surface area contributed by atoms with E-state index in [1.165, 1.54) is 31.2 Å². The number of anilines is 1. The molecule has 0 saturated heterocycles. The van der Waals surface area contributed by atoms with E-state index in [0.717, 1.165) is 0 Å². The molecule has 4 N–H and O–H groups in total. The maximum atomic E-state index is 12.9. The van der Waals surface area contributed by atoms with Gasteiger partial charge in [0.25, 0.3) is 15.9 Å². The molecule has 3 rings (SSSR count). The molecule has 0 aliphatic heterocycles. The number of aryl methyl sites for hydroxylation is 1. The van der Waals surface area contributed by atoms with Crippen molar-refractivity contribution in [2.24, 2.45) is 12.8 Å². The monoisotopic (exact) mass is 526 g/mol. The van der Waals surface area contributed by atoms with Gasteiger partial charge in [-0.25, -0.2) is 17.5 Å². The Morgan fingerprint density at radius 2 is 1.76 bits per heavy atom. The van der Waals surface area contributed by atoms with E-state index in [2.05, 4.69) is 5.32 Å². The van der Waals surface area contributed by atoms with E-state index in [1.807, 2.05) is 0 Å². The van der Waals surface area contributed by atoms with E-state index in [-0.39, 0.29) is 10.6 Å². The van der Waals surface area contributed by atoms with Gasteiger partial charge in [-0.2, -0.15) is 0 Å². The van der Waals surface area contributed by atoms with Crippen LogP contribution < -0.4 is 11.1 Å². The van der Waals surface area contributed by atoms with Crippen LogP contribution in [0.2, 0.25) is 10.0 Å². The van der Waals surface area contributed by atoms with Crippen LogP contribution in [0.3, 0.4) is 0 Å². The molecule has 0 fully saturated rings. The first kappa shape index (κ1) is 25.3. The Balaban J connectivity index is 1.86. The van der Waals surface area contributed by atoms with Crippen molar-refractivity contribution in [3.05, 3.63) is 58.2 Å². The maximum absolute atomic E-state index is 12.9. The molecule has 1 heterocycles. The molecule has 1 atom stereocenters. The Hall–Kier alpha value is -3.28. The highest BCUT2D eigenvalue weighted by molar-refractivity contribution is 7.89. The molecule has 0 aliphatic rings. The average Bonchev–Trinajstić information content (AvgIpc) is 3.07. The summed E-state index contributed by atoms with van der Waals surface area (Å²) in [5.41, 5.74) is 6.47. The molecule has 3 aromatic rings. The number of aromatic nitrogens is 1. The molecular formula is C21H20Cl2N4O6S. The van der Waals surface area contributed by atoms with Crippen molar-refractivity contribution in [3.8, 4) is 0 Å². The number of aliphatic carboxylic acids is 1. The van der Waals surface area contributed by atoms with Gasteiger partial charge >= 0.3 is 12.0 Å². The number of carbonyl (C=O) groups excluding carboxylic acids is 2. The number of halogens is 2. The highest BCUT2D eigenvalue weighted by atomic mass is 35.5. The third-order valence-electron chi connectivity index (χ3n) is 5.10. The van der Waals surface area contributed by atoms with Crippen molar-refractivity contribution in [2.45, 2.75) is 24.3 Å². The van der Waals surface area contributed by atoms with E-state index in [4.69, 9.17) is 34.0 Å². The number of carbonyl (C=O) groups is 3. The first-order valence-corrected chi connectivity index (χ1v) is 11.9. The van der Waals surface area contributed by atoms with Gasteiger partial charge in [-0.1, -0.05) is 23.2 Å². The van der Waals surface area contributed by atoms with Crippen LogP contribution in [0.4, 0.5) is 10.5 Å². The molecule has 180 valence electrons. The van der Waals surface area contributed by atoms with E-state index < -0.39 is 40.4 Å². The summed E-state index contributed by atoms with van der Waals surface area (Å²) in [5.74, 6) is -1.76. The van der Waals surface area contributed by atoms with Crippen LogP contribution in [0.15, 0.2) is 47.4 Å². The minimum absolute atomic E-state index is 0.280. The quantitative estimate of drug-likeness (QED) is 0.427. The highest BCUT2D eigenvalue weighted by Crippen LogP contribution is 2.32. The summed E-state index contributed by atoms with van der Waals surface area (Å²) >= 11 is 12.3. The molecule has 1 aromatic heterocycles. The normalized spacial score (nSPS) is 12.4. The summed E-state index contributed by atoms with van der Waals surface area (Å²) in [6.45, 7) is 1.26. The predicted molar refractivity (Wildman–Crippen MR) is 128 cm³/mol. The fourth-order valence-corrected chi connectivity index (χ4v) is 5.37. The standard InChI is InChI=1S/C21H20Cl2N4O6S/c1-11(9-18(28)29)27(21(24)31)34(32,33)13-5-3-12(4-6-13)25-20(30)17-10-14-16(26(17)2)8-7-15(22)19(14)23/h3-8,10-11H,9H2,1-2H3,(H2,24,31)(H,25,30)(H,28,29)/t11-/m1/s1. The Kier molecular flexibility index (Phi) is 7.10. The van der Waals surface area contributed by atoms with E-state index in [1.54, 1.807) is 29.8 Å². The van der Waals surface area contributed by atoms with Crippen molar-refractivity contribution in [2.75, 3.05) is 5.32 Å².